The number of carbonyl (C=O) groups is 2. The molecule has 0 aliphatic rings. The summed E-state index contributed by atoms with van der Waals surface area (Å²) in [7, 11) is 0. The van der Waals surface area contributed by atoms with Gasteiger partial charge in [0.25, 0.3) is 11.5 Å². The number of primary amides is 2. The largest absolute Gasteiger partial charge is 0.368 e. The minimum absolute atomic E-state index is 0.0156. The summed E-state index contributed by atoms with van der Waals surface area (Å²) in [5.41, 5.74) is 11.1. The Morgan fingerprint density at radius 1 is 1.17 bits per heavy atom. The predicted octanol–water partition coefficient (Wildman–Crippen LogP) is 0.720. The van der Waals surface area contributed by atoms with Crippen molar-refractivity contribution in [3.8, 4) is 5.69 Å². The molecule has 2 heterocycles. The van der Waals surface area contributed by atoms with Gasteiger partial charge in [0.2, 0.25) is 11.9 Å². The van der Waals surface area contributed by atoms with Crippen molar-refractivity contribution in [2.45, 2.75) is 19.9 Å². The lowest BCUT2D eigenvalue weighted by Crippen LogP contribution is -2.40. The van der Waals surface area contributed by atoms with E-state index in [1.807, 2.05) is 0 Å². The standard InChI is InChI=1S/C19H22N8O3/c1-10(2)14(16(21)29)24-19-25-17(13(15(20)28)18(30)26-19)23-11-4-6-12(7-5-11)27-9-3-8-22-27/h3-10,14H,1-2H3,(H2,20,28)(H2,21,29)(H3,23,24,25,26,30)/t14-/m1/s1. The highest BCUT2D eigenvalue weighted by Crippen LogP contribution is 2.20. The monoisotopic (exact) mass is 410 g/mol. The number of H-pyrrole nitrogens is 1. The molecule has 7 N–H and O–H groups in total. The number of rotatable bonds is 8. The molecular formula is C19H22N8O3. The predicted molar refractivity (Wildman–Crippen MR) is 112 cm³/mol. The number of carbonyl (C=O) groups excluding carboxylic acids is 2. The van der Waals surface area contributed by atoms with E-state index in [9.17, 15) is 14.4 Å². The molecule has 0 spiro atoms. The maximum absolute atomic E-state index is 12.4. The van der Waals surface area contributed by atoms with Crippen LogP contribution in [0.3, 0.4) is 0 Å². The minimum Gasteiger partial charge on any atom is -0.368 e. The Bertz CT molecular complexity index is 1100. The van der Waals surface area contributed by atoms with Crippen LogP contribution in [0.4, 0.5) is 17.5 Å². The number of nitrogens with zero attached hydrogens (tertiary/aromatic N) is 3. The highest BCUT2D eigenvalue weighted by molar-refractivity contribution is 5.98. The molecule has 11 nitrogen and oxygen atoms in total. The van der Waals surface area contributed by atoms with E-state index in [2.05, 4.69) is 25.7 Å². The Morgan fingerprint density at radius 2 is 1.87 bits per heavy atom. The Labute approximate surface area is 171 Å². The average molecular weight is 410 g/mol. The summed E-state index contributed by atoms with van der Waals surface area (Å²) in [6, 6.07) is 8.10. The molecule has 11 heteroatoms. The third kappa shape index (κ3) is 4.46. The number of benzene rings is 1. The Hall–Kier alpha value is -4.15. The van der Waals surface area contributed by atoms with Gasteiger partial charge in [0, 0.05) is 18.1 Å². The summed E-state index contributed by atoms with van der Waals surface area (Å²) in [6.45, 7) is 3.58. The smallest absolute Gasteiger partial charge is 0.267 e. The van der Waals surface area contributed by atoms with E-state index in [-0.39, 0.29) is 23.2 Å². The van der Waals surface area contributed by atoms with Gasteiger partial charge >= 0.3 is 0 Å². The number of aromatic amines is 1. The quantitative estimate of drug-likeness (QED) is 0.363. The SMILES string of the molecule is CC(C)[C@@H](Nc1nc(Nc2ccc(-n3cccn3)cc2)c(C(N)=O)c(=O)[nH]1)C(N)=O. The fourth-order valence-corrected chi connectivity index (χ4v) is 2.83. The van der Waals surface area contributed by atoms with Gasteiger partial charge in [-0.3, -0.25) is 19.4 Å². The van der Waals surface area contributed by atoms with Crippen molar-refractivity contribution in [3.63, 3.8) is 0 Å². The molecule has 2 aromatic heterocycles. The maximum atomic E-state index is 12.4. The van der Waals surface area contributed by atoms with Crippen LogP contribution in [0.1, 0.15) is 24.2 Å². The average Bonchev–Trinajstić information content (AvgIpc) is 3.20. The van der Waals surface area contributed by atoms with E-state index in [1.165, 1.54) is 0 Å². The Morgan fingerprint density at radius 3 is 2.40 bits per heavy atom. The van der Waals surface area contributed by atoms with Gasteiger partial charge in [-0.25, -0.2) is 4.68 Å². The lowest BCUT2D eigenvalue weighted by atomic mass is 10.0. The molecule has 3 aromatic rings. The van der Waals surface area contributed by atoms with Gasteiger partial charge in [-0.2, -0.15) is 10.1 Å². The van der Waals surface area contributed by atoms with E-state index >= 15 is 0 Å². The lowest BCUT2D eigenvalue weighted by molar-refractivity contribution is -0.119. The number of nitrogens with one attached hydrogen (secondary N) is 3. The number of anilines is 3. The first-order valence-corrected chi connectivity index (χ1v) is 9.13. The lowest BCUT2D eigenvalue weighted by Gasteiger charge is -2.20. The number of nitrogens with two attached hydrogens (primary N) is 2. The molecule has 0 unspecified atom stereocenters. The van der Waals surface area contributed by atoms with Crippen molar-refractivity contribution < 1.29 is 9.59 Å². The molecule has 1 aromatic carbocycles. The number of aromatic nitrogens is 4. The van der Waals surface area contributed by atoms with Crippen molar-refractivity contribution in [1.82, 2.24) is 19.7 Å². The molecule has 3 rings (SSSR count). The van der Waals surface area contributed by atoms with E-state index in [0.717, 1.165) is 5.69 Å². The topological polar surface area (TPSA) is 174 Å². The third-order valence-electron chi connectivity index (χ3n) is 4.33. The number of amides is 2. The van der Waals surface area contributed by atoms with Crippen LogP contribution in [-0.2, 0) is 4.79 Å². The zero-order valence-electron chi connectivity index (χ0n) is 16.4. The highest BCUT2D eigenvalue weighted by Gasteiger charge is 2.22. The van der Waals surface area contributed by atoms with Crippen LogP contribution in [0.25, 0.3) is 5.69 Å². The molecule has 0 aliphatic heterocycles. The normalized spacial score (nSPS) is 11.8. The fraction of sp³-hybridized carbons (Fsp3) is 0.211. The summed E-state index contributed by atoms with van der Waals surface area (Å²) in [6.07, 6.45) is 3.46. The summed E-state index contributed by atoms with van der Waals surface area (Å²) in [4.78, 5) is 42.5. The molecule has 30 heavy (non-hydrogen) atoms. The van der Waals surface area contributed by atoms with Gasteiger partial charge in [0.05, 0.1) is 5.69 Å². The molecule has 0 radical (unpaired) electrons. The summed E-state index contributed by atoms with van der Waals surface area (Å²) < 4.78 is 1.68. The number of hydrogen-bond donors (Lipinski definition) is 5. The summed E-state index contributed by atoms with van der Waals surface area (Å²) >= 11 is 0. The molecule has 0 aliphatic carbocycles. The van der Waals surface area contributed by atoms with Crippen molar-refractivity contribution >= 4 is 29.3 Å². The third-order valence-corrected chi connectivity index (χ3v) is 4.33. The summed E-state index contributed by atoms with van der Waals surface area (Å²) in [5, 5.41) is 9.86. The molecule has 0 saturated heterocycles. The first-order valence-electron chi connectivity index (χ1n) is 9.13. The molecule has 0 saturated carbocycles. The number of hydrogen-bond acceptors (Lipinski definition) is 7. The van der Waals surface area contributed by atoms with Crippen LogP contribution >= 0.6 is 0 Å². The van der Waals surface area contributed by atoms with Crippen molar-refractivity contribution in [1.29, 1.82) is 0 Å². The van der Waals surface area contributed by atoms with Crippen LogP contribution in [0.15, 0.2) is 47.5 Å². The van der Waals surface area contributed by atoms with Gasteiger partial charge in [-0.15, -0.1) is 0 Å². The first-order chi connectivity index (χ1) is 14.3. The molecule has 1 atom stereocenters. The second-order valence-electron chi connectivity index (χ2n) is 6.89. The molecule has 0 bridgehead atoms. The molecule has 2 amide bonds. The molecular weight excluding hydrogens is 388 g/mol. The zero-order valence-corrected chi connectivity index (χ0v) is 16.4. The molecule has 156 valence electrons. The minimum atomic E-state index is -0.943. The molecule has 0 fully saturated rings. The highest BCUT2D eigenvalue weighted by atomic mass is 16.2. The van der Waals surface area contributed by atoms with Crippen molar-refractivity contribution in [2.24, 2.45) is 17.4 Å². The van der Waals surface area contributed by atoms with E-state index in [1.54, 1.807) is 61.3 Å². The Kier molecular flexibility index (Phi) is 5.81. The maximum Gasteiger partial charge on any atom is 0.267 e. The van der Waals surface area contributed by atoms with Crippen LogP contribution in [0.2, 0.25) is 0 Å². The van der Waals surface area contributed by atoms with Crippen LogP contribution in [-0.4, -0.2) is 37.6 Å². The Balaban J connectivity index is 1.94. The van der Waals surface area contributed by atoms with Gasteiger partial charge in [0.15, 0.2) is 5.82 Å². The fourth-order valence-electron chi connectivity index (χ4n) is 2.83. The zero-order chi connectivity index (χ0) is 21.8. The van der Waals surface area contributed by atoms with E-state index in [4.69, 9.17) is 11.5 Å². The second-order valence-corrected chi connectivity index (χ2v) is 6.89. The van der Waals surface area contributed by atoms with E-state index in [0.29, 0.717) is 5.69 Å². The van der Waals surface area contributed by atoms with Crippen molar-refractivity contribution in [2.75, 3.05) is 10.6 Å². The van der Waals surface area contributed by atoms with Gasteiger partial charge in [-0.05, 0) is 36.2 Å². The summed E-state index contributed by atoms with van der Waals surface area (Å²) in [5.74, 6) is -1.77. The van der Waals surface area contributed by atoms with Crippen LogP contribution in [0.5, 0.6) is 0 Å². The van der Waals surface area contributed by atoms with Crippen molar-refractivity contribution in [3.05, 3.63) is 58.6 Å². The first kappa shape index (κ1) is 20.6. The van der Waals surface area contributed by atoms with Crippen LogP contribution in [0, 0.1) is 5.92 Å². The second kappa shape index (κ2) is 8.47. The van der Waals surface area contributed by atoms with Crippen LogP contribution < -0.4 is 27.7 Å². The van der Waals surface area contributed by atoms with Gasteiger partial charge < -0.3 is 22.1 Å². The van der Waals surface area contributed by atoms with Gasteiger partial charge in [0.1, 0.15) is 11.6 Å². The van der Waals surface area contributed by atoms with E-state index < -0.39 is 23.4 Å². The van der Waals surface area contributed by atoms with Gasteiger partial charge in [-0.1, -0.05) is 13.8 Å².